The minimum Gasteiger partial charge on any atom is -0.465 e. The van der Waals surface area contributed by atoms with Crippen molar-refractivity contribution in [2.45, 2.75) is 26.4 Å². The first kappa shape index (κ1) is 22.3. The second-order valence-corrected chi connectivity index (χ2v) is 8.03. The number of benzene rings is 1. The topological polar surface area (TPSA) is 113 Å². The summed E-state index contributed by atoms with van der Waals surface area (Å²) in [6, 6.07) is 9.44. The molecule has 0 saturated heterocycles. The molecule has 2 amide bonds. The van der Waals surface area contributed by atoms with Gasteiger partial charge in [0.15, 0.2) is 5.78 Å². The van der Waals surface area contributed by atoms with Crippen LogP contribution in [-0.4, -0.2) is 59.0 Å². The summed E-state index contributed by atoms with van der Waals surface area (Å²) in [6.07, 6.45) is 1.60. The number of hydrogen-bond acceptors (Lipinski definition) is 5. The summed E-state index contributed by atoms with van der Waals surface area (Å²) in [5.74, 6) is -0.0828. The highest BCUT2D eigenvalue weighted by Gasteiger charge is 2.36. The van der Waals surface area contributed by atoms with Crippen LogP contribution < -0.4 is 5.73 Å². The van der Waals surface area contributed by atoms with Crippen molar-refractivity contribution in [2.24, 2.45) is 11.7 Å². The Kier molecular flexibility index (Phi) is 6.60. The minimum absolute atomic E-state index is 0.115. The highest BCUT2D eigenvalue weighted by atomic mass is 16.5. The molecule has 0 aromatic heterocycles. The molecular formula is C23H27N3O5. The van der Waals surface area contributed by atoms with Crippen LogP contribution in [0.2, 0.25) is 0 Å². The lowest BCUT2D eigenvalue weighted by Gasteiger charge is -2.39. The first-order chi connectivity index (χ1) is 14.7. The molecule has 1 atom stereocenters. The first-order valence-corrected chi connectivity index (χ1v) is 10.1. The molecule has 0 fully saturated rings. The lowest BCUT2D eigenvalue weighted by Crippen LogP contribution is -2.40. The predicted molar refractivity (Wildman–Crippen MR) is 115 cm³/mol. The minimum atomic E-state index is -1.09. The average molecular weight is 425 g/mol. The molecule has 8 nitrogen and oxygen atoms in total. The zero-order chi connectivity index (χ0) is 22.7. The predicted octanol–water partition coefficient (Wildman–Crippen LogP) is 2.59. The number of nitrogens with zero attached hydrogens (tertiary/aromatic N) is 2. The van der Waals surface area contributed by atoms with Gasteiger partial charge < -0.3 is 20.5 Å². The van der Waals surface area contributed by atoms with E-state index in [1.54, 1.807) is 6.08 Å². The number of carbonyl (C=O) groups excluding carboxylic acids is 2. The van der Waals surface area contributed by atoms with Gasteiger partial charge in [-0.15, -0.1) is 0 Å². The Morgan fingerprint density at radius 1 is 1.29 bits per heavy atom. The number of carbonyl (C=O) groups is 3. The Morgan fingerprint density at radius 2 is 1.97 bits per heavy atom. The van der Waals surface area contributed by atoms with E-state index in [0.717, 1.165) is 16.7 Å². The maximum atomic E-state index is 12.7. The van der Waals surface area contributed by atoms with E-state index in [0.29, 0.717) is 17.9 Å². The van der Waals surface area contributed by atoms with Crippen LogP contribution in [0.5, 0.6) is 0 Å². The molecule has 1 aliphatic heterocycles. The van der Waals surface area contributed by atoms with E-state index < -0.39 is 18.1 Å². The maximum absolute atomic E-state index is 12.7. The van der Waals surface area contributed by atoms with Gasteiger partial charge in [0, 0.05) is 31.8 Å². The van der Waals surface area contributed by atoms with Crippen molar-refractivity contribution >= 4 is 23.4 Å². The number of nitrogens with two attached hydrogens (primary N) is 1. The number of Topliss-reactive ketones (excluding diaryl/α,β-unsaturated/α-hetero) is 1. The lowest BCUT2D eigenvalue weighted by molar-refractivity contribution is -0.132. The molecule has 1 unspecified atom stereocenters. The number of allylic oxidation sites excluding steroid dienone is 3. The van der Waals surface area contributed by atoms with Crippen LogP contribution >= 0.6 is 0 Å². The fourth-order valence-electron chi connectivity index (χ4n) is 3.79. The van der Waals surface area contributed by atoms with Gasteiger partial charge in [-0.05, 0) is 28.7 Å². The summed E-state index contributed by atoms with van der Waals surface area (Å²) in [4.78, 5) is 38.8. The summed E-state index contributed by atoms with van der Waals surface area (Å²) in [5.41, 5.74) is 8.19. The molecule has 164 valence electrons. The van der Waals surface area contributed by atoms with E-state index in [1.807, 2.05) is 55.3 Å². The molecule has 0 radical (unpaired) electrons. The van der Waals surface area contributed by atoms with Crippen LogP contribution in [0.4, 0.5) is 4.79 Å². The van der Waals surface area contributed by atoms with Crippen LogP contribution in [0.3, 0.4) is 0 Å². The lowest BCUT2D eigenvalue weighted by atomic mass is 9.82. The Morgan fingerprint density at radius 3 is 2.55 bits per heavy atom. The Labute approximate surface area is 181 Å². The molecule has 1 aromatic rings. The number of ether oxygens (including phenoxy) is 1. The third-order valence-corrected chi connectivity index (χ3v) is 5.06. The fraction of sp³-hybridized carbons (Fsp3) is 0.348. The Bertz CT molecular complexity index is 978. The average Bonchev–Trinajstić information content (AvgIpc) is 2.71. The van der Waals surface area contributed by atoms with Crippen LogP contribution in [0.1, 0.15) is 25.8 Å². The van der Waals surface area contributed by atoms with E-state index in [4.69, 9.17) is 10.5 Å². The monoisotopic (exact) mass is 425 g/mol. The van der Waals surface area contributed by atoms with Gasteiger partial charge in [0.25, 0.3) is 0 Å². The smallest absolute Gasteiger partial charge is 0.412 e. The zero-order valence-corrected chi connectivity index (χ0v) is 17.9. The van der Waals surface area contributed by atoms with Crippen LogP contribution in [0, 0.1) is 5.92 Å². The van der Waals surface area contributed by atoms with Crippen molar-refractivity contribution in [3.63, 3.8) is 0 Å². The third kappa shape index (κ3) is 4.86. The number of carboxylic acid groups (broad SMARTS) is 1. The van der Waals surface area contributed by atoms with Crippen molar-refractivity contribution in [3.05, 3.63) is 65.1 Å². The molecule has 3 N–H and O–H groups in total. The van der Waals surface area contributed by atoms with Crippen molar-refractivity contribution in [1.82, 2.24) is 9.80 Å². The van der Waals surface area contributed by atoms with Gasteiger partial charge >= 0.3 is 6.09 Å². The molecule has 3 rings (SSSR count). The fourth-order valence-corrected chi connectivity index (χ4v) is 3.79. The second kappa shape index (κ2) is 9.18. The van der Waals surface area contributed by atoms with Gasteiger partial charge in [0.05, 0.1) is 0 Å². The SMILES string of the molecule is CC(C)CN1C=C2CC(=O)C(OCC(N)=O)C=C2C(c2ccccc2)=C1N(C)C(=O)O. The van der Waals surface area contributed by atoms with Crippen LogP contribution in [0.25, 0.3) is 5.57 Å². The van der Waals surface area contributed by atoms with Crippen molar-refractivity contribution in [2.75, 3.05) is 20.2 Å². The highest BCUT2D eigenvalue weighted by molar-refractivity contribution is 5.98. The summed E-state index contributed by atoms with van der Waals surface area (Å²) >= 11 is 0. The first-order valence-electron chi connectivity index (χ1n) is 10.1. The van der Waals surface area contributed by atoms with E-state index in [9.17, 15) is 19.5 Å². The molecule has 8 heteroatoms. The summed E-state index contributed by atoms with van der Waals surface area (Å²) in [5, 5.41) is 9.78. The van der Waals surface area contributed by atoms with E-state index in [2.05, 4.69) is 0 Å². The van der Waals surface area contributed by atoms with Gasteiger partial charge in [-0.1, -0.05) is 44.2 Å². The van der Waals surface area contributed by atoms with Gasteiger partial charge in [-0.2, -0.15) is 0 Å². The number of hydrogen-bond donors (Lipinski definition) is 2. The molecule has 0 spiro atoms. The van der Waals surface area contributed by atoms with Gasteiger partial charge in [-0.25, -0.2) is 4.79 Å². The second-order valence-electron chi connectivity index (χ2n) is 8.03. The van der Waals surface area contributed by atoms with Crippen molar-refractivity contribution < 1.29 is 24.2 Å². The largest absolute Gasteiger partial charge is 0.465 e. The zero-order valence-electron chi connectivity index (χ0n) is 17.9. The molecular weight excluding hydrogens is 398 g/mol. The van der Waals surface area contributed by atoms with E-state index in [1.165, 1.54) is 11.9 Å². The summed E-state index contributed by atoms with van der Waals surface area (Å²) in [7, 11) is 1.50. The molecule has 0 bridgehead atoms. The number of amides is 2. The number of rotatable bonds is 7. The van der Waals surface area contributed by atoms with Gasteiger partial charge in [0.2, 0.25) is 5.91 Å². The van der Waals surface area contributed by atoms with E-state index >= 15 is 0 Å². The molecule has 1 heterocycles. The normalized spacial score (nSPS) is 18.5. The highest BCUT2D eigenvalue weighted by Crippen LogP contribution is 2.42. The van der Waals surface area contributed by atoms with Crippen molar-refractivity contribution in [3.8, 4) is 0 Å². The van der Waals surface area contributed by atoms with Crippen LogP contribution in [0.15, 0.2) is 59.6 Å². The Balaban J connectivity index is 2.22. The van der Waals surface area contributed by atoms with Gasteiger partial charge in [-0.3, -0.25) is 14.5 Å². The number of primary amides is 1. The number of fused-ring (bicyclic) bond motifs is 1. The molecule has 0 saturated carbocycles. The van der Waals surface area contributed by atoms with Gasteiger partial charge in [0.1, 0.15) is 18.5 Å². The summed E-state index contributed by atoms with van der Waals surface area (Å²) in [6.45, 7) is 4.30. The molecule has 31 heavy (non-hydrogen) atoms. The summed E-state index contributed by atoms with van der Waals surface area (Å²) < 4.78 is 5.43. The molecule has 2 aliphatic rings. The third-order valence-electron chi connectivity index (χ3n) is 5.06. The van der Waals surface area contributed by atoms with Crippen molar-refractivity contribution in [1.29, 1.82) is 0 Å². The Hall–Kier alpha value is -3.39. The van der Waals surface area contributed by atoms with Crippen LogP contribution in [-0.2, 0) is 14.3 Å². The maximum Gasteiger partial charge on any atom is 0.412 e. The molecule has 1 aliphatic carbocycles. The van der Waals surface area contributed by atoms with E-state index in [-0.39, 0.29) is 24.7 Å². The quantitative estimate of drug-likeness (QED) is 0.694. The molecule has 1 aromatic carbocycles. The number of ketones is 1. The standard InChI is InChI=1S/C23H27N3O5/c1-14(2)11-26-12-16-9-18(27)19(31-13-20(24)28)10-17(16)21(15-7-5-4-6-8-15)22(26)25(3)23(29)30/h4-8,10,12,14,19H,9,11,13H2,1-3H3,(H2,24,28)(H,29,30).